The van der Waals surface area contributed by atoms with Crippen LogP contribution in [0.3, 0.4) is 0 Å². The standard InChI is InChI=1S/C16H13F5N2O4S2/c17-10-1-2-15(13(20)7-10)28(24,25)22-3-5-23(6-4-22)29(26,27)16-9-12(19)11(18)8-14(16)21/h1-2,7-9H,3-6H2. The molecule has 0 atom stereocenters. The van der Waals surface area contributed by atoms with E-state index in [4.69, 9.17) is 0 Å². The van der Waals surface area contributed by atoms with E-state index in [1.807, 2.05) is 0 Å². The normalized spacial score (nSPS) is 16.9. The van der Waals surface area contributed by atoms with Crippen molar-refractivity contribution in [3.63, 3.8) is 0 Å². The average Bonchev–Trinajstić information content (AvgIpc) is 2.64. The van der Waals surface area contributed by atoms with Gasteiger partial charge in [-0.2, -0.15) is 8.61 Å². The Morgan fingerprint density at radius 2 is 1.03 bits per heavy atom. The van der Waals surface area contributed by atoms with E-state index < -0.39 is 85.1 Å². The Kier molecular flexibility index (Phi) is 5.69. The number of benzene rings is 2. The Balaban J connectivity index is 1.82. The number of piperazine rings is 1. The van der Waals surface area contributed by atoms with Gasteiger partial charge in [0.05, 0.1) is 0 Å². The molecule has 0 bridgehead atoms. The van der Waals surface area contributed by atoms with Gasteiger partial charge < -0.3 is 0 Å². The average molecular weight is 456 g/mol. The maximum Gasteiger partial charge on any atom is 0.246 e. The summed E-state index contributed by atoms with van der Waals surface area (Å²) >= 11 is 0. The lowest BCUT2D eigenvalue weighted by molar-refractivity contribution is 0.271. The molecule has 158 valence electrons. The molecule has 1 saturated heterocycles. The third-order valence-electron chi connectivity index (χ3n) is 4.30. The van der Waals surface area contributed by atoms with E-state index >= 15 is 0 Å². The molecule has 0 unspecified atom stereocenters. The van der Waals surface area contributed by atoms with Crippen LogP contribution in [-0.4, -0.2) is 51.6 Å². The molecule has 0 aliphatic carbocycles. The highest BCUT2D eigenvalue weighted by atomic mass is 32.2. The van der Waals surface area contributed by atoms with Gasteiger partial charge in [-0.3, -0.25) is 0 Å². The summed E-state index contributed by atoms with van der Waals surface area (Å²) in [7, 11) is -8.95. The second-order valence-electron chi connectivity index (χ2n) is 6.08. The minimum absolute atomic E-state index is 0.0975. The van der Waals surface area contributed by atoms with Gasteiger partial charge in [-0.1, -0.05) is 0 Å². The predicted molar refractivity (Wildman–Crippen MR) is 90.2 cm³/mol. The van der Waals surface area contributed by atoms with Gasteiger partial charge in [-0.25, -0.2) is 38.8 Å². The Bertz CT molecular complexity index is 1160. The van der Waals surface area contributed by atoms with Crippen molar-refractivity contribution in [1.82, 2.24) is 8.61 Å². The van der Waals surface area contributed by atoms with Crippen LogP contribution in [0.25, 0.3) is 0 Å². The first kappa shape index (κ1) is 21.6. The summed E-state index contributed by atoms with van der Waals surface area (Å²) in [5.74, 6) is -6.88. The van der Waals surface area contributed by atoms with Gasteiger partial charge in [0, 0.05) is 38.3 Å². The molecule has 0 saturated carbocycles. The topological polar surface area (TPSA) is 74.8 Å². The van der Waals surface area contributed by atoms with Crippen LogP contribution < -0.4 is 0 Å². The molecule has 1 fully saturated rings. The van der Waals surface area contributed by atoms with Gasteiger partial charge in [-0.05, 0) is 18.2 Å². The van der Waals surface area contributed by atoms with Gasteiger partial charge in [0.2, 0.25) is 20.0 Å². The molecule has 0 spiro atoms. The number of nitrogens with zero attached hydrogens (tertiary/aromatic N) is 2. The van der Waals surface area contributed by atoms with Crippen LogP contribution in [0.5, 0.6) is 0 Å². The minimum atomic E-state index is -4.57. The van der Waals surface area contributed by atoms with Crippen molar-refractivity contribution >= 4 is 20.0 Å². The van der Waals surface area contributed by atoms with Crippen molar-refractivity contribution in [3.8, 4) is 0 Å². The monoisotopic (exact) mass is 456 g/mol. The summed E-state index contributed by atoms with van der Waals surface area (Å²) in [6.07, 6.45) is 0. The third kappa shape index (κ3) is 3.99. The van der Waals surface area contributed by atoms with Gasteiger partial charge in [0.1, 0.15) is 27.2 Å². The molecule has 0 N–H and O–H groups in total. The van der Waals surface area contributed by atoms with Crippen molar-refractivity contribution in [3.05, 3.63) is 59.4 Å². The van der Waals surface area contributed by atoms with Crippen molar-refractivity contribution in [1.29, 1.82) is 0 Å². The maximum atomic E-state index is 13.9. The Morgan fingerprint density at radius 3 is 1.55 bits per heavy atom. The highest BCUT2D eigenvalue weighted by molar-refractivity contribution is 7.89. The van der Waals surface area contributed by atoms with Crippen molar-refractivity contribution < 1.29 is 38.8 Å². The summed E-state index contributed by atoms with van der Waals surface area (Å²) in [6, 6.07) is 2.22. The van der Waals surface area contributed by atoms with Crippen LogP contribution in [0.15, 0.2) is 40.1 Å². The van der Waals surface area contributed by atoms with Crippen LogP contribution in [-0.2, 0) is 20.0 Å². The zero-order valence-electron chi connectivity index (χ0n) is 14.4. The summed E-state index contributed by atoms with van der Waals surface area (Å²) in [5.41, 5.74) is 0. The lowest BCUT2D eigenvalue weighted by Crippen LogP contribution is -2.50. The van der Waals surface area contributed by atoms with E-state index in [-0.39, 0.29) is 12.1 Å². The van der Waals surface area contributed by atoms with Crippen molar-refractivity contribution in [2.24, 2.45) is 0 Å². The van der Waals surface area contributed by atoms with Crippen LogP contribution in [0.1, 0.15) is 0 Å². The predicted octanol–water partition coefficient (Wildman–Crippen LogP) is 2.08. The quantitative estimate of drug-likeness (QED) is 0.522. The van der Waals surface area contributed by atoms with Gasteiger partial charge >= 0.3 is 0 Å². The number of hydrogen-bond acceptors (Lipinski definition) is 4. The first-order chi connectivity index (χ1) is 13.4. The lowest BCUT2D eigenvalue weighted by Gasteiger charge is -2.33. The molecular formula is C16H13F5N2O4S2. The van der Waals surface area contributed by atoms with Crippen LogP contribution in [0.2, 0.25) is 0 Å². The fraction of sp³-hybridized carbons (Fsp3) is 0.250. The van der Waals surface area contributed by atoms with Crippen molar-refractivity contribution in [2.45, 2.75) is 9.79 Å². The maximum absolute atomic E-state index is 13.9. The highest BCUT2D eigenvalue weighted by Gasteiger charge is 2.36. The third-order valence-corrected chi connectivity index (χ3v) is 8.15. The largest absolute Gasteiger partial charge is 0.246 e. The molecule has 3 rings (SSSR count). The minimum Gasteiger partial charge on any atom is -0.207 e. The molecule has 2 aromatic rings. The molecule has 2 aromatic carbocycles. The van der Waals surface area contributed by atoms with Crippen LogP contribution in [0.4, 0.5) is 22.0 Å². The Morgan fingerprint density at radius 1 is 0.586 bits per heavy atom. The number of hydrogen-bond donors (Lipinski definition) is 0. The molecule has 0 amide bonds. The summed E-state index contributed by atoms with van der Waals surface area (Å²) in [5, 5.41) is 0. The molecule has 6 nitrogen and oxygen atoms in total. The molecule has 1 heterocycles. The van der Waals surface area contributed by atoms with E-state index in [1.165, 1.54) is 0 Å². The number of rotatable bonds is 4. The zero-order valence-corrected chi connectivity index (χ0v) is 16.1. The smallest absolute Gasteiger partial charge is 0.207 e. The van der Waals surface area contributed by atoms with E-state index in [0.717, 1.165) is 16.4 Å². The van der Waals surface area contributed by atoms with E-state index in [2.05, 4.69) is 0 Å². The first-order valence-corrected chi connectivity index (χ1v) is 10.9. The van der Waals surface area contributed by atoms with E-state index in [1.54, 1.807) is 0 Å². The summed E-state index contributed by atoms with van der Waals surface area (Å²) in [4.78, 5) is -1.86. The molecule has 1 aliphatic heterocycles. The van der Waals surface area contributed by atoms with E-state index in [9.17, 15) is 38.8 Å². The highest BCUT2D eigenvalue weighted by Crippen LogP contribution is 2.26. The first-order valence-electron chi connectivity index (χ1n) is 8.04. The fourth-order valence-electron chi connectivity index (χ4n) is 2.82. The van der Waals surface area contributed by atoms with Gasteiger partial charge in [0.25, 0.3) is 0 Å². The zero-order chi connectivity index (χ0) is 21.6. The number of halogens is 5. The Hall–Kier alpha value is -2.09. The molecule has 29 heavy (non-hydrogen) atoms. The SMILES string of the molecule is O=S(=O)(c1ccc(F)cc1F)N1CCN(S(=O)(=O)c2cc(F)c(F)cc2F)CC1. The van der Waals surface area contributed by atoms with Gasteiger partial charge in [0.15, 0.2) is 11.6 Å². The lowest BCUT2D eigenvalue weighted by atomic mass is 10.3. The molecule has 0 aromatic heterocycles. The molecule has 13 heteroatoms. The second-order valence-corrected chi connectivity index (χ2v) is 9.89. The fourth-order valence-corrected chi connectivity index (χ4v) is 5.76. The van der Waals surface area contributed by atoms with Crippen LogP contribution >= 0.6 is 0 Å². The molecular weight excluding hydrogens is 443 g/mol. The van der Waals surface area contributed by atoms with Crippen LogP contribution in [0, 0.1) is 29.1 Å². The summed E-state index contributed by atoms with van der Waals surface area (Å²) < 4.78 is 119. The number of sulfonamides is 2. The Labute approximate surface area is 163 Å². The second kappa shape index (κ2) is 7.63. The molecule has 0 radical (unpaired) electrons. The van der Waals surface area contributed by atoms with Gasteiger partial charge in [-0.15, -0.1) is 0 Å². The molecule has 1 aliphatic rings. The summed E-state index contributed by atoms with van der Waals surface area (Å²) in [6.45, 7) is -1.71. The van der Waals surface area contributed by atoms with Crippen molar-refractivity contribution in [2.75, 3.05) is 26.2 Å². The van der Waals surface area contributed by atoms with E-state index in [0.29, 0.717) is 10.4 Å².